The topological polar surface area (TPSA) is 69.9 Å². The van der Waals surface area contributed by atoms with Crippen LogP contribution in [0, 0.1) is 5.82 Å². The lowest BCUT2D eigenvalue weighted by atomic mass is 10.0. The van der Waals surface area contributed by atoms with Gasteiger partial charge in [-0.25, -0.2) is 14.2 Å². The molecule has 1 aliphatic rings. The van der Waals surface area contributed by atoms with Crippen LogP contribution in [-0.2, 0) is 14.3 Å². The number of halogens is 2. The van der Waals surface area contributed by atoms with E-state index in [1.54, 1.807) is 13.0 Å². The Kier molecular flexibility index (Phi) is 6.71. The molecule has 0 radical (unpaired) electrons. The fourth-order valence-electron chi connectivity index (χ4n) is 3.37. The zero-order valence-corrected chi connectivity index (χ0v) is 19.5. The molecule has 10 heteroatoms. The van der Waals surface area contributed by atoms with Gasteiger partial charge in [-0.05, 0) is 36.6 Å². The number of thiophene rings is 1. The molecule has 0 spiro atoms. The Labute approximate surface area is 195 Å². The van der Waals surface area contributed by atoms with Gasteiger partial charge in [0.2, 0.25) is 0 Å². The lowest BCUT2D eigenvalue weighted by molar-refractivity contribution is -0.140. The lowest BCUT2D eigenvalue weighted by Gasteiger charge is -2.23. The number of fused-ring (bicyclic) bond motifs is 1. The SMILES string of the molecule is COCCOC(=O)C1=C(C)N=c2s/c(=C\c3c(F)cccc3Cl)c(=O)n2C1c1cccs1. The summed E-state index contributed by atoms with van der Waals surface area (Å²) in [5, 5.41) is 2.07. The molecule has 166 valence electrons. The van der Waals surface area contributed by atoms with Gasteiger partial charge < -0.3 is 9.47 Å². The number of carbonyl (C=O) groups excluding carboxylic acids is 1. The van der Waals surface area contributed by atoms with Gasteiger partial charge in [-0.3, -0.25) is 9.36 Å². The first kappa shape index (κ1) is 22.6. The number of hydrogen-bond donors (Lipinski definition) is 0. The number of hydrogen-bond acceptors (Lipinski definition) is 7. The van der Waals surface area contributed by atoms with Crippen LogP contribution in [0.5, 0.6) is 0 Å². The summed E-state index contributed by atoms with van der Waals surface area (Å²) in [7, 11) is 1.51. The Bertz CT molecular complexity index is 1360. The Hall–Kier alpha value is -2.59. The fraction of sp³-hybridized carbons (Fsp3) is 0.227. The van der Waals surface area contributed by atoms with Crippen molar-refractivity contribution >= 4 is 46.3 Å². The van der Waals surface area contributed by atoms with Crippen LogP contribution in [0.1, 0.15) is 23.4 Å². The van der Waals surface area contributed by atoms with Gasteiger partial charge in [0.25, 0.3) is 5.56 Å². The summed E-state index contributed by atoms with van der Waals surface area (Å²) in [5.74, 6) is -1.09. The second-order valence-electron chi connectivity index (χ2n) is 6.86. The van der Waals surface area contributed by atoms with Crippen LogP contribution < -0.4 is 14.9 Å². The molecule has 1 aromatic carbocycles. The summed E-state index contributed by atoms with van der Waals surface area (Å²) in [6, 6.07) is 7.33. The van der Waals surface area contributed by atoms with Crippen LogP contribution in [-0.4, -0.2) is 30.9 Å². The predicted octanol–water partition coefficient (Wildman–Crippen LogP) is 3.28. The smallest absolute Gasteiger partial charge is 0.338 e. The maximum atomic E-state index is 14.3. The molecule has 4 rings (SSSR count). The average Bonchev–Trinajstić information content (AvgIpc) is 3.39. The third-order valence-corrected chi connectivity index (χ3v) is 7.09. The zero-order chi connectivity index (χ0) is 22.8. The van der Waals surface area contributed by atoms with Crippen molar-refractivity contribution in [2.75, 3.05) is 20.3 Å². The summed E-state index contributed by atoms with van der Waals surface area (Å²) in [4.78, 5) is 32.0. The molecule has 0 bridgehead atoms. The van der Waals surface area contributed by atoms with E-state index >= 15 is 0 Å². The number of allylic oxidation sites excluding steroid dienone is 1. The van der Waals surface area contributed by atoms with Crippen molar-refractivity contribution < 1.29 is 18.7 Å². The summed E-state index contributed by atoms with van der Waals surface area (Å²) in [5.41, 5.74) is 0.483. The standard InChI is InChI=1S/C22H18ClFN2O4S2/c1-12-18(21(28)30-9-8-29-2)19(16-7-4-10-31-16)26-20(27)17(32-22(26)25-12)11-13-14(23)5-3-6-15(13)24/h3-7,10-11,19H,8-9H2,1-2H3/b17-11-. The molecule has 0 N–H and O–H groups in total. The fourth-order valence-corrected chi connectivity index (χ4v) is 5.44. The van der Waals surface area contributed by atoms with Gasteiger partial charge in [0.1, 0.15) is 18.5 Å². The summed E-state index contributed by atoms with van der Waals surface area (Å²) >= 11 is 8.67. The van der Waals surface area contributed by atoms with Crippen molar-refractivity contribution in [1.82, 2.24) is 4.57 Å². The molecular weight excluding hydrogens is 475 g/mol. The highest BCUT2D eigenvalue weighted by Gasteiger charge is 2.34. The average molecular weight is 493 g/mol. The molecule has 0 amide bonds. The largest absolute Gasteiger partial charge is 0.460 e. The van der Waals surface area contributed by atoms with Crippen molar-refractivity contribution in [3.05, 3.63) is 88.0 Å². The van der Waals surface area contributed by atoms with Crippen molar-refractivity contribution in [3.8, 4) is 0 Å². The summed E-state index contributed by atoms with van der Waals surface area (Å²) in [6.07, 6.45) is 1.42. The molecule has 2 aromatic heterocycles. The van der Waals surface area contributed by atoms with Gasteiger partial charge in [-0.1, -0.05) is 35.1 Å². The quantitative estimate of drug-likeness (QED) is 0.391. The molecular formula is C22H18ClFN2O4S2. The maximum Gasteiger partial charge on any atom is 0.338 e. The minimum absolute atomic E-state index is 0.0828. The summed E-state index contributed by atoms with van der Waals surface area (Å²) < 4.78 is 26.3. The van der Waals surface area contributed by atoms with Crippen LogP contribution in [0.25, 0.3) is 6.08 Å². The highest BCUT2D eigenvalue weighted by atomic mass is 35.5. The number of rotatable bonds is 6. The first-order valence-electron chi connectivity index (χ1n) is 9.58. The van der Waals surface area contributed by atoms with Crippen molar-refractivity contribution in [2.24, 2.45) is 4.99 Å². The normalized spacial score (nSPS) is 16.1. The number of nitrogens with zero attached hydrogens (tertiary/aromatic N) is 2. The Morgan fingerprint density at radius 1 is 1.31 bits per heavy atom. The number of methoxy groups -OCH3 is 1. The van der Waals surface area contributed by atoms with E-state index in [0.29, 0.717) is 10.5 Å². The third kappa shape index (κ3) is 4.21. The van der Waals surface area contributed by atoms with Crippen LogP contribution >= 0.6 is 34.3 Å². The molecule has 1 unspecified atom stereocenters. The number of thiazole rings is 1. The number of aromatic nitrogens is 1. The Balaban J connectivity index is 1.89. The maximum absolute atomic E-state index is 14.3. The van der Waals surface area contributed by atoms with Gasteiger partial charge in [0.05, 0.1) is 27.4 Å². The van der Waals surface area contributed by atoms with Crippen LogP contribution in [0.4, 0.5) is 4.39 Å². The molecule has 6 nitrogen and oxygen atoms in total. The Morgan fingerprint density at radius 3 is 2.81 bits per heavy atom. The molecule has 3 heterocycles. The van der Waals surface area contributed by atoms with Crippen molar-refractivity contribution in [2.45, 2.75) is 13.0 Å². The van der Waals surface area contributed by atoms with Gasteiger partial charge in [0, 0.05) is 17.6 Å². The molecule has 1 atom stereocenters. The number of ether oxygens (including phenoxy) is 2. The first-order valence-corrected chi connectivity index (χ1v) is 11.7. The molecule has 3 aromatic rings. The molecule has 0 saturated heterocycles. The van der Waals surface area contributed by atoms with E-state index in [-0.39, 0.29) is 39.5 Å². The van der Waals surface area contributed by atoms with E-state index in [4.69, 9.17) is 21.1 Å². The number of carbonyl (C=O) groups is 1. The van der Waals surface area contributed by atoms with E-state index in [1.807, 2.05) is 17.5 Å². The molecule has 0 saturated carbocycles. The van der Waals surface area contributed by atoms with Crippen LogP contribution in [0.2, 0.25) is 5.02 Å². The van der Waals surface area contributed by atoms with E-state index in [0.717, 1.165) is 16.2 Å². The number of benzene rings is 1. The molecule has 32 heavy (non-hydrogen) atoms. The highest BCUT2D eigenvalue weighted by molar-refractivity contribution is 7.10. The van der Waals surface area contributed by atoms with Gasteiger partial charge in [-0.15, -0.1) is 11.3 Å². The monoisotopic (exact) mass is 492 g/mol. The van der Waals surface area contributed by atoms with E-state index in [2.05, 4.69) is 4.99 Å². The van der Waals surface area contributed by atoms with Crippen LogP contribution in [0.15, 0.2) is 56.8 Å². The second-order valence-corrected chi connectivity index (χ2v) is 9.26. The van der Waals surface area contributed by atoms with Gasteiger partial charge in [0.15, 0.2) is 4.80 Å². The zero-order valence-electron chi connectivity index (χ0n) is 17.1. The van der Waals surface area contributed by atoms with Crippen molar-refractivity contribution in [1.29, 1.82) is 0 Å². The number of esters is 1. The second kappa shape index (κ2) is 9.50. The van der Waals surface area contributed by atoms with E-state index in [9.17, 15) is 14.0 Å². The van der Waals surface area contributed by atoms with Gasteiger partial charge in [-0.2, -0.15) is 0 Å². The summed E-state index contributed by atoms with van der Waals surface area (Å²) in [6.45, 7) is 2.04. The molecule has 1 aliphatic heterocycles. The lowest BCUT2D eigenvalue weighted by Crippen LogP contribution is -2.39. The highest BCUT2D eigenvalue weighted by Crippen LogP contribution is 2.33. The van der Waals surface area contributed by atoms with Crippen LogP contribution in [0.3, 0.4) is 0 Å². The van der Waals surface area contributed by atoms with E-state index in [1.165, 1.54) is 41.2 Å². The first-order chi connectivity index (χ1) is 15.4. The third-order valence-electron chi connectivity index (χ3n) is 4.85. The Morgan fingerprint density at radius 2 is 2.12 bits per heavy atom. The molecule has 0 fully saturated rings. The minimum atomic E-state index is -0.695. The predicted molar refractivity (Wildman–Crippen MR) is 122 cm³/mol. The molecule has 0 aliphatic carbocycles. The van der Waals surface area contributed by atoms with E-state index < -0.39 is 17.8 Å². The minimum Gasteiger partial charge on any atom is -0.460 e. The van der Waals surface area contributed by atoms with Gasteiger partial charge >= 0.3 is 5.97 Å². The van der Waals surface area contributed by atoms with Crippen molar-refractivity contribution in [3.63, 3.8) is 0 Å².